The SMILES string of the molecule is CC[C@H]1COCCN1c1cc(CS(=O)(=O)N(C)Cc2ccc(OC)cc2)nc(Cl)n1. The predicted molar refractivity (Wildman–Crippen MR) is 116 cm³/mol. The quantitative estimate of drug-likeness (QED) is 0.567. The largest absolute Gasteiger partial charge is 0.497 e. The minimum Gasteiger partial charge on any atom is -0.497 e. The van der Waals surface area contributed by atoms with Crippen molar-refractivity contribution in [2.24, 2.45) is 0 Å². The summed E-state index contributed by atoms with van der Waals surface area (Å²) in [6, 6.07) is 9.17. The van der Waals surface area contributed by atoms with E-state index in [4.69, 9.17) is 21.1 Å². The lowest BCUT2D eigenvalue weighted by Gasteiger charge is -2.36. The minimum atomic E-state index is -3.60. The fourth-order valence-electron chi connectivity index (χ4n) is 3.35. The Labute approximate surface area is 182 Å². The van der Waals surface area contributed by atoms with Crippen LogP contribution in [0.15, 0.2) is 30.3 Å². The number of methoxy groups -OCH3 is 1. The van der Waals surface area contributed by atoms with Gasteiger partial charge in [0.2, 0.25) is 15.3 Å². The van der Waals surface area contributed by atoms with E-state index in [-0.39, 0.29) is 23.6 Å². The number of sulfonamides is 1. The van der Waals surface area contributed by atoms with Gasteiger partial charge < -0.3 is 14.4 Å². The third-order valence-electron chi connectivity index (χ3n) is 5.10. The number of ether oxygens (including phenoxy) is 2. The second-order valence-electron chi connectivity index (χ2n) is 7.18. The Kier molecular flexibility index (Phi) is 7.51. The van der Waals surface area contributed by atoms with Gasteiger partial charge in [-0.3, -0.25) is 0 Å². The third kappa shape index (κ3) is 5.60. The first-order valence-corrected chi connectivity index (χ1v) is 11.8. The van der Waals surface area contributed by atoms with Crippen molar-refractivity contribution in [3.8, 4) is 5.75 Å². The van der Waals surface area contributed by atoms with Crippen molar-refractivity contribution in [2.75, 3.05) is 38.8 Å². The zero-order valence-electron chi connectivity index (χ0n) is 17.4. The molecule has 8 nitrogen and oxygen atoms in total. The van der Waals surface area contributed by atoms with Crippen LogP contribution in [0.5, 0.6) is 5.75 Å². The number of rotatable bonds is 8. The van der Waals surface area contributed by atoms with Crippen LogP contribution in [-0.2, 0) is 27.1 Å². The Morgan fingerprint density at radius 3 is 2.70 bits per heavy atom. The van der Waals surface area contributed by atoms with Crippen LogP contribution in [0.3, 0.4) is 0 Å². The van der Waals surface area contributed by atoms with Gasteiger partial charge in [0.1, 0.15) is 17.3 Å². The van der Waals surface area contributed by atoms with Crippen molar-refractivity contribution in [1.29, 1.82) is 0 Å². The van der Waals surface area contributed by atoms with Crippen LogP contribution < -0.4 is 9.64 Å². The van der Waals surface area contributed by atoms with Crippen LogP contribution >= 0.6 is 11.6 Å². The third-order valence-corrected chi connectivity index (χ3v) is 7.01. The molecular weight excluding hydrogens is 428 g/mol. The molecule has 0 N–H and O–H groups in total. The van der Waals surface area contributed by atoms with E-state index in [0.29, 0.717) is 31.3 Å². The molecule has 1 atom stereocenters. The average molecular weight is 455 g/mol. The fourth-order valence-corrected chi connectivity index (χ4v) is 4.63. The molecule has 0 amide bonds. The van der Waals surface area contributed by atoms with Gasteiger partial charge in [-0.15, -0.1) is 0 Å². The van der Waals surface area contributed by atoms with Crippen molar-refractivity contribution in [3.63, 3.8) is 0 Å². The number of morpholine rings is 1. The Morgan fingerprint density at radius 1 is 1.30 bits per heavy atom. The molecule has 30 heavy (non-hydrogen) atoms. The topological polar surface area (TPSA) is 84.9 Å². The number of aromatic nitrogens is 2. The molecule has 0 unspecified atom stereocenters. The van der Waals surface area contributed by atoms with Gasteiger partial charge in [0.25, 0.3) is 0 Å². The number of nitrogens with zero attached hydrogens (tertiary/aromatic N) is 4. The van der Waals surface area contributed by atoms with Gasteiger partial charge in [-0.25, -0.2) is 22.7 Å². The summed E-state index contributed by atoms with van der Waals surface area (Å²) < 4.78 is 37.8. The summed E-state index contributed by atoms with van der Waals surface area (Å²) in [4.78, 5) is 10.6. The Hall–Kier alpha value is -1.94. The van der Waals surface area contributed by atoms with E-state index in [9.17, 15) is 8.42 Å². The summed E-state index contributed by atoms with van der Waals surface area (Å²) >= 11 is 6.13. The second-order valence-corrected chi connectivity index (χ2v) is 9.59. The first kappa shape index (κ1) is 22.7. The van der Waals surface area contributed by atoms with Crippen LogP contribution in [0.2, 0.25) is 5.28 Å². The van der Waals surface area contributed by atoms with Gasteiger partial charge in [-0.2, -0.15) is 0 Å². The molecule has 0 aliphatic carbocycles. The molecule has 2 aromatic rings. The lowest BCUT2D eigenvalue weighted by molar-refractivity contribution is 0.0925. The minimum absolute atomic E-state index is 0.0388. The van der Waals surface area contributed by atoms with Crippen molar-refractivity contribution in [3.05, 3.63) is 46.9 Å². The highest BCUT2D eigenvalue weighted by atomic mass is 35.5. The van der Waals surface area contributed by atoms with Crippen LogP contribution in [0.1, 0.15) is 24.6 Å². The number of hydrogen-bond donors (Lipinski definition) is 0. The van der Waals surface area contributed by atoms with Crippen molar-refractivity contribution in [1.82, 2.24) is 14.3 Å². The molecule has 1 fully saturated rings. The molecule has 1 aliphatic heterocycles. The fraction of sp³-hybridized carbons (Fsp3) is 0.500. The number of anilines is 1. The van der Waals surface area contributed by atoms with Crippen LogP contribution in [0, 0.1) is 0 Å². The molecule has 164 valence electrons. The van der Waals surface area contributed by atoms with E-state index in [1.54, 1.807) is 32.4 Å². The predicted octanol–water partition coefficient (Wildman–Crippen LogP) is 2.72. The van der Waals surface area contributed by atoms with Gasteiger partial charge in [0.05, 0.1) is 32.1 Å². The summed E-state index contributed by atoms with van der Waals surface area (Å²) in [5, 5.41) is 0.0388. The second kappa shape index (κ2) is 9.91. The molecule has 1 aliphatic rings. The zero-order valence-corrected chi connectivity index (χ0v) is 19.0. The van der Waals surface area contributed by atoms with E-state index in [0.717, 1.165) is 17.7 Å². The highest BCUT2D eigenvalue weighted by Crippen LogP contribution is 2.23. The molecule has 0 bridgehead atoms. The van der Waals surface area contributed by atoms with Crippen molar-refractivity contribution in [2.45, 2.75) is 31.7 Å². The van der Waals surface area contributed by atoms with Gasteiger partial charge in [-0.1, -0.05) is 19.1 Å². The standard InChI is InChI=1S/C20H27ClN4O4S/c1-4-17-13-29-10-9-25(17)19-11-16(22-20(21)23-19)14-30(26,27)24(2)12-15-5-7-18(28-3)8-6-15/h5-8,11,17H,4,9-10,12-14H2,1-3H3/t17-/m0/s1. The molecule has 1 aromatic heterocycles. The smallest absolute Gasteiger partial charge is 0.224 e. The summed E-state index contributed by atoms with van der Waals surface area (Å²) in [5.41, 5.74) is 1.23. The van der Waals surface area contributed by atoms with Crippen LogP contribution in [-0.4, -0.2) is 62.6 Å². The lowest BCUT2D eigenvalue weighted by atomic mass is 10.2. The molecule has 0 saturated carbocycles. The Bertz CT molecular complexity index is 956. The highest BCUT2D eigenvalue weighted by molar-refractivity contribution is 7.88. The van der Waals surface area contributed by atoms with Gasteiger partial charge in [0, 0.05) is 26.2 Å². The molecule has 2 heterocycles. The maximum absolute atomic E-state index is 12.9. The summed E-state index contributed by atoms with van der Waals surface area (Å²) in [6.07, 6.45) is 0.889. The van der Waals surface area contributed by atoms with Gasteiger partial charge >= 0.3 is 0 Å². The van der Waals surface area contributed by atoms with E-state index in [1.165, 1.54) is 4.31 Å². The maximum atomic E-state index is 12.9. The number of hydrogen-bond acceptors (Lipinski definition) is 7. The monoisotopic (exact) mass is 454 g/mol. The number of halogens is 1. The molecular formula is C20H27ClN4O4S. The van der Waals surface area contributed by atoms with Crippen LogP contribution in [0.4, 0.5) is 5.82 Å². The molecule has 0 spiro atoms. The normalized spacial score (nSPS) is 17.4. The first-order chi connectivity index (χ1) is 14.3. The van der Waals surface area contributed by atoms with E-state index in [2.05, 4.69) is 21.8 Å². The Balaban J connectivity index is 1.75. The number of benzene rings is 1. The average Bonchev–Trinajstić information content (AvgIpc) is 2.73. The lowest BCUT2D eigenvalue weighted by Crippen LogP contribution is -2.45. The van der Waals surface area contributed by atoms with Gasteiger partial charge in [-0.05, 0) is 35.7 Å². The molecule has 1 aromatic carbocycles. The molecule has 1 saturated heterocycles. The van der Waals surface area contributed by atoms with Gasteiger partial charge in [0.15, 0.2) is 0 Å². The van der Waals surface area contributed by atoms with Crippen molar-refractivity contribution < 1.29 is 17.9 Å². The summed E-state index contributed by atoms with van der Waals surface area (Å²) in [6.45, 7) is 4.20. The zero-order chi connectivity index (χ0) is 21.7. The summed E-state index contributed by atoms with van der Waals surface area (Å²) in [7, 11) is -0.457. The first-order valence-electron chi connectivity index (χ1n) is 9.77. The molecule has 10 heteroatoms. The molecule has 0 radical (unpaired) electrons. The van der Waals surface area contributed by atoms with Crippen LogP contribution in [0.25, 0.3) is 0 Å². The highest BCUT2D eigenvalue weighted by Gasteiger charge is 2.25. The summed E-state index contributed by atoms with van der Waals surface area (Å²) in [5.74, 6) is 1.10. The van der Waals surface area contributed by atoms with E-state index < -0.39 is 10.0 Å². The molecule has 3 rings (SSSR count). The Morgan fingerprint density at radius 2 is 2.03 bits per heavy atom. The van der Waals surface area contributed by atoms with E-state index >= 15 is 0 Å². The maximum Gasteiger partial charge on any atom is 0.224 e. The van der Waals surface area contributed by atoms with Crippen molar-refractivity contribution >= 4 is 27.4 Å². The van der Waals surface area contributed by atoms with E-state index in [1.807, 2.05) is 12.1 Å².